The van der Waals surface area contributed by atoms with Crippen molar-refractivity contribution < 1.29 is 5.11 Å². The van der Waals surface area contributed by atoms with Crippen molar-refractivity contribution in [2.24, 2.45) is 11.5 Å². The third-order valence-corrected chi connectivity index (χ3v) is 2.51. The van der Waals surface area contributed by atoms with Gasteiger partial charge in [-0.3, -0.25) is 0 Å². The van der Waals surface area contributed by atoms with Gasteiger partial charge < -0.3 is 16.6 Å². The van der Waals surface area contributed by atoms with E-state index < -0.39 is 0 Å². The molecule has 0 bridgehead atoms. The molecule has 5 N–H and O–H groups in total. The van der Waals surface area contributed by atoms with Crippen molar-refractivity contribution in [2.45, 2.75) is 31.3 Å². The number of nitrogens with two attached hydrogens (primary N) is 2. The van der Waals surface area contributed by atoms with Crippen LogP contribution in [0.15, 0.2) is 24.3 Å². The Kier molecular flexibility index (Phi) is 4.77. The topological polar surface area (TPSA) is 96.1 Å². The summed E-state index contributed by atoms with van der Waals surface area (Å²) in [5, 5.41) is 17.0. The zero-order valence-electron chi connectivity index (χ0n) is 9.13. The quantitative estimate of drug-likeness (QED) is 0.608. The van der Waals surface area contributed by atoms with Crippen molar-refractivity contribution in [1.82, 2.24) is 0 Å². The van der Waals surface area contributed by atoms with Crippen LogP contribution in [-0.4, -0.2) is 17.2 Å². The molecule has 0 heterocycles. The fourth-order valence-corrected chi connectivity index (χ4v) is 1.59. The van der Waals surface area contributed by atoms with E-state index in [0.29, 0.717) is 17.6 Å². The predicted molar refractivity (Wildman–Crippen MR) is 62.6 cm³/mol. The minimum atomic E-state index is 0.189. The van der Waals surface area contributed by atoms with Crippen LogP contribution in [0.4, 0.5) is 0 Å². The lowest BCUT2D eigenvalue weighted by molar-refractivity contribution is 0.475. The van der Waals surface area contributed by atoms with Crippen LogP contribution in [0, 0.1) is 11.3 Å². The predicted octanol–water partition coefficient (Wildman–Crippen LogP) is 1.09. The van der Waals surface area contributed by atoms with Gasteiger partial charge >= 0.3 is 0 Å². The molecule has 0 aliphatic heterocycles. The number of nitrogens with zero attached hydrogens (tertiary/aromatic N) is 1. The van der Waals surface area contributed by atoms with E-state index >= 15 is 0 Å². The first-order valence-corrected chi connectivity index (χ1v) is 5.32. The molecule has 1 fully saturated rings. The maximum absolute atomic E-state index is 8.74. The summed E-state index contributed by atoms with van der Waals surface area (Å²) >= 11 is 0. The lowest BCUT2D eigenvalue weighted by atomic mass is 10.2. The highest BCUT2D eigenvalue weighted by Gasteiger charge is 2.16. The first kappa shape index (κ1) is 12.5. The molecule has 0 amide bonds. The molecule has 1 aromatic rings. The van der Waals surface area contributed by atoms with Gasteiger partial charge in [0.05, 0.1) is 11.6 Å². The summed E-state index contributed by atoms with van der Waals surface area (Å²) in [5.74, 6) is 0.189. The fraction of sp³-hybridized carbons (Fsp3) is 0.417. The van der Waals surface area contributed by atoms with E-state index in [-0.39, 0.29) is 5.75 Å². The number of phenols is 1. The van der Waals surface area contributed by atoms with Crippen molar-refractivity contribution in [3.63, 3.8) is 0 Å². The zero-order valence-corrected chi connectivity index (χ0v) is 9.13. The second-order valence-electron chi connectivity index (χ2n) is 3.99. The minimum Gasteiger partial charge on any atom is -0.508 e. The SMILES string of the molecule is N#Cc1ccc(O)cc1.N[C@@H]1CC[C@H](N)C1. The Morgan fingerprint density at radius 1 is 1.12 bits per heavy atom. The Labute approximate surface area is 95.5 Å². The summed E-state index contributed by atoms with van der Waals surface area (Å²) in [6, 6.07) is 8.84. The molecular formula is C12H17N3O. The number of aromatic hydroxyl groups is 1. The molecule has 0 saturated heterocycles. The van der Waals surface area contributed by atoms with Gasteiger partial charge in [-0.15, -0.1) is 0 Å². The summed E-state index contributed by atoms with van der Waals surface area (Å²) < 4.78 is 0. The van der Waals surface area contributed by atoms with Gasteiger partial charge in [0.1, 0.15) is 5.75 Å². The van der Waals surface area contributed by atoms with Gasteiger partial charge in [0.2, 0.25) is 0 Å². The number of rotatable bonds is 0. The first-order chi connectivity index (χ1) is 7.61. The Balaban J connectivity index is 0.000000165. The van der Waals surface area contributed by atoms with Crippen LogP contribution in [-0.2, 0) is 0 Å². The molecule has 4 nitrogen and oxygen atoms in total. The molecule has 1 aliphatic carbocycles. The van der Waals surface area contributed by atoms with Crippen molar-refractivity contribution in [3.05, 3.63) is 29.8 Å². The third-order valence-electron chi connectivity index (χ3n) is 2.51. The molecular weight excluding hydrogens is 202 g/mol. The van der Waals surface area contributed by atoms with Gasteiger partial charge in [-0.2, -0.15) is 5.26 Å². The molecule has 86 valence electrons. The summed E-state index contributed by atoms with van der Waals surface area (Å²) in [6.45, 7) is 0. The van der Waals surface area contributed by atoms with Crippen molar-refractivity contribution in [3.8, 4) is 11.8 Å². The molecule has 0 unspecified atom stereocenters. The lowest BCUT2D eigenvalue weighted by Gasteiger charge is -1.97. The Hall–Kier alpha value is -1.57. The number of benzene rings is 1. The number of hydrogen-bond acceptors (Lipinski definition) is 4. The summed E-state index contributed by atoms with van der Waals surface area (Å²) in [5.41, 5.74) is 11.7. The molecule has 2 atom stereocenters. The van der Waals surface area contributed by atoms with Gasteiger partial charge in [0.25, 0.3) is 0 Å². The highest BCUT2D eigenvalue weighted by Crippen LogP contribution is 2.14. The number of hydrogen-bond donors (Lipinski definition) is 3. The maximum Gasteiger partial charge on any atom is 0.115 e. The van der Waals surface area contributed by atoms with E-state index in [2.05, 4.69) is 0 Å². The average molecular weight is 219 g/mol. The number of nitriles is 1. The fourth-order valence-electron chi connectivity index (χ4n) is 1.59. The average Bonchev–Trinajstić information content (AvgIpc) is 2.65. The van der Waals surface area contributed by atoms with E-state index in [1.165, 1.54) is 12.1 Å². The molecule has 4 heteroatoms. The minimum absolute atomic E-state index is 0.189. The molecule has 16 heavy (non-hydrogen) atoms. The van der Waals surface area contributed by atoms with Gasteiger partial charge in [0.15, 0.2) is 0 Å². The van der Waals surface area contributed by atoms with Gasteiger partial charge in [-0.05, 0) is 43.5 Å². The van der Waals surface area contributed by atoms with Crippen LogP contribution < -0.4 is 11.5 Å². The van der Waals surface area contributed by atoms with Crippen LogP contribution in [0.3, 0.4) is 0 Å². The highest BCUT2D eigenvalue weighted by molar-refractivity contribution is 5.33. The molecule has 1 saturated carbocycles. The molecule has 1 aromatic carbocycles. The van der Waals surface area contributed by atoms with Crippen molar-refractivity contribution in [1.29, 1.82) is 5.26 Å². The molecule has 2 rings (SSSR count). The largest absolute Gasteiger partial charge is 0.508 e. The monoisotopic (exact) mass is 219 g/mol. The van der Waals surface area contributed by atoms with Crippen LogP contribution >= 0.6 is 0 Å². The Morgan fingerprint density at radius 3 is 1.94 bits per heavy atom. The highest BCUT2D eigenvalue weighted by atomic mass is 16.3. The zero-order chi connectivity index (χ0) is 12.0. The Morgan fingerprint density at radius 2 is 1.62 bits per heavy atom. The van der Waals surface area contributed by atoms with Gasteiger partial charge in [0, 0.05) is 12.1 Å². The van der Waals surface area contributed by atoms with E-state index in [9.17, 15) is 0 Å². The second kappa shape index (κ2) is 6.11. The Bertz CT molecular complexity index is 348. The molecule has 1 aliphatic rings. The van der Waals surface area contributed by atoms with Crippen LogP contribution in [0.25, 0.3) is 0 Å². The first-order valence-electron chi connectivity index (χ1n) is 5.32. The summed E-state index contributed by atoms with van der Waals surface area (Å²) in [4.78, 5) is 0. The van der Waals surface area contributed by atoms with Gasteiger partial charge in [-0.25, -0.2) is 0 Å². The standard InChI is InChI=1S/C7H5NO.C5H12N2/c8-5-6-1-3-7(9)4-2-6;6-4-1-2-5(7)3-4/h1-4,9H;4-5H,1-3,6-7H2/t;4-,5+. The van der Waals surface area contributed by atoms with Crippen molar-refractivity contribution >= 4 is 0 Å². The summed E-state index contributed by atoms with van der Waals surface area (Å²) in [7, 11) is 0. The van der Waals surface area contributed by atoms with Crippen molar-refractivity contribution in [2.75, 3.05) is 0 Å². The third kappa shape index (κ3) is 4.30. The van der Waals surface area contributed by atoms with E-state index in [4.69, 9.17) is 21.8 Å². The second-order valence-corrected chi connectivity index (χ2v) is 3.99. The van der Waals surface area contributed by atoms with Gasteiger partial charge in [-0.1, -0.05) is 0 Å². The van der Waals surface area contributed by atoms with Crippen LogP contribution in [0.2, 0.25) is 0 Å². The lowest BCUT2D eigenvalue weighted by Crippen LogP contribution is -2.20. The molecule has 0 radical (unpaired) electrons. The van der Waals surface area contributed by atoms with Crippen LogP contribution in [0.5, 0.6) is 5.75 Å². The smallest absolute Gasteiger partial charge is 0.115 e. The van der Waals surface area contributed by atoms with Crippen LogP contribution in [0.1, 0.15) is 24.8 Å². The van der Waals surface area contributed by atoms with E-state index in [0.717, 1.165) is 19.3 Å². The maximum atomic E-state index is 8.74. The molecule has 0 aromatic heterocycles. The van der Waals surface area contributed by atoms with E-state index in [1.807, 2.05) is 6.07 Å². The van der Waals surface area contributed by atoms with E-state index in [1.54, 1.807) is 12.1 Å². The normalized spacial score (nSPS) is 23.1. The molecule has 0 spiro atoms. The summed E-state index contributed by atoms with van der Waals surface area (Å²) in [6.07, 6.45) is 3.28. The number of phenolic OH excluding ortho intramolecular Hbond substituents is 1.